The largest absolute Gasteiger partial charge is 0.379 e. The number of morpholine rings is 1. The fraction of sp³-hybridized carbons (Fsp3) is 0.562. The third-order valence-corrected chi connectivity index (χ3v) is 3.76. The highest BCUT2D eigenvalue weighted by atomic mass is 16.6. The molecule has 0 spiro atoms. The van der Waals surface area contributed by atoms with Crippen molar-refractivity contribution >= 4 is 11.6 Å². The Morgan fingerprint density at radius 1 is 1.33 bits per heavy atom. The summed E-state index contributed by atoms with van der Waals surface area (Å²) in [5, 5.41) is 17.5. The molecule has 0 amide bonds. The number of ether oxygens (including phenoxy) is 1. The number of aliphatic imine (C=N–C) groups is 1. The number of rotatable bonds is 7. The Kier molecular flexibility index (Phi) is 7.44. The first-order valence-electron chi connectivity index (χ1n) is 8.25. The third-order valence-electron chi connectivity index (χ3n) is 3.76. The van der Waals surface area contributed by atoms with E-state index in [4.69, 9.17) is 4.74 Å². The Labute approximate surface area is 142 Å². The highest BCUT2D eigenvalue weighted by Crippen LogP contribution is 2.18. The molecule has 0 aromatic heterocycles. The van der Waals surface area contributed by atoms with Crippen molar-refractivity contribution in [3.63, 3.8) is 0 Å². The maximum Gasteiger partial charge on any atom is 0.274 e. The van der Waals surface area contributed by atoms with E-state index in [0.717, 1.165) is 45.9 Å². The van der Waals surface area contributed by atoms with E-state index < -0.39 is 0 Å². The van der Waals surface area contributed by atoms with Gasteiger partial charge in [-0.2, -0.15) is 0 Å². The second-order valence-electron chi connectivity index (χ2n) is 5.46. The fourth-order valence-electron chi connectivity index (χ4n) is 2.49. The molecule has 1 aliphatic heterocycles. The number of nitrogens with zero attached hydrogens (tertiary/aromatic N) is 3. The van der Waals surface area contributed by atoms with Gasteiger partial charge in [0.1, 0.15) is 0 Å². The first kappa shape index (κ1) is 18.2. The summed E-state index contributed by atoms with van der Waals surface area (Å²) in [6, 6.07) is 6.69. The van der Waals surface area contributed by atoms with Crippen molar-refractivity contribution in [1.29, 1.82) is 0 Å². The van der Waals surface area contributed by atoms with Crippen molar-refractivity contribution < 1.29 is 9.66 Å². The normalized spacial score (nSPS) is 16.0. The molecular formula is C16H25N5O3. The monoisotopic (exact) mass is 335 g/mol. The van der Waals surface area contributed by atoms with Crippen LogP contribution in [0.1, 0.15) is 12.5 Å². The summed E-state index contributed by atoms with van der Waals surface area (Å²) >= 11 is 0. The van der Waals surface area contributed by atoms with Gasteiger partial charge in [0.05, 0.1) is 30.2 Å². The summed E-state index contributed by atoms with van der Waals surface area (Å²) in [5.74, 6) is 0.670. The number of nitrogens with one attached hydrogen (secondary N) is 2. The second kappa shape index (κ2) is 9.84. The van der Waals surface area contributed by atoms with Crippen LogP contribution < -0.4 is 10.6 Å². The third kappa shape index (κ3) is 5.78. The van der Waals surface area contributed by atoms with Crippen LogP contribution in [0.5, 0.6) is 0 Å². The molecule has 1 heterocycles. The van der Waals surface area contributed by atoms with Crippen LogP contribution in [0, 0.1) is 10.1 Å². The Balaban J connectivity index is 1.89. The maximum absolute atomic E-state index is 11.0. The van der Waals surface area contributed by atoms with Crippen LogP contribution in [-0.2, 0) is 11.3 Å². The quantitative estimate of drug-likeness (QED) is 0.334. The molecule has 0 unspecified atom stereocenters. The van der Waals surface area contributed by atoms with Gasteiger partial charge in [-0.25, -0.2) is 4.99 Å². The molecule has 1 aromatic carbocycles. The van der Waals surface area contributed by atoms with Crippen LogP contribution in [0.3, 0.4) is 0 Å². The van der Waals surface area contributed by atoms with Gasteiger partial charge >= 0.3 is 0 Å². The zero-order valence-electron chi connectivity index (χ0n) is 14.0. The summed E-state index contributed by atoms with van der Waals surface area (Å²) in [7, 11) is 0. The van der Waals surface area contributed by atoms with Crippen LogP contribution in [0.15, 0.2) is 29.3 Å². The van der Waals surface area contributed by atoms with Gasteiger partial charge in [-0.15, -0.1) is 0 Å². The number of benzene rings is 1. The molecule has 1 aliphatic rings. The topological polar surface area (TPSA) is 92.0 Å². The van der Waals surface area contributed by atoms with Gasteiger partial charge in [0.25, 0.3) is 5.69 Å². The van der Waals surface area contributed by atoms with E-state index in [-0.39, 0.29) is 17.2 Å². The number of guanidine groups is 1. The maximum atomic E-state index is 11.0. The predicted molar refractivity (Wildman–Crippen MR) is 93.2 cm³/mol. The van der Waals surface area contributed by atoms with E-state index in [2.05, 4.69) is 20.5 Å². The number of nitro groups is 1. The van der Waals surface area contributed by atoms with Gasteiger partial charge in [0.15, 0.2) is 5.96 Å². The molecule has 0 radical (unpaired) electrons. The molecule has 24 heavy (non-hydrogen) atoms. The summed E-state index contributed by atoms with van der Waals surface area (Å²) < 4.78 is 5.33. The van der Waals surface area contributed by atoms with Crippen molar-refractivity contribution in [3.8, 4) is 0 Å². The summed E-state index contributed by atoms with van der Waals surface area (Å²) in [5.41, 5.74) is 0.707. The molecule has 1 aromatic rings. The number of hydrogen-bond acceptors (Lipinski definition) is 5. The highest BCUT2D eigenvalue weighted by Gasteiger charge is 2.12. The lowest BCUT2D eigenvalue weighted by molar-refractivity contribution is -0.385. The molecule has 0 aliphatic carbocycles. The average Bonchev–Trinajstić information content (AvgIpc) is 2.60. The summed E-state index contributed by atoms with van der Waals surface area (Å²) in [6.45, 7) is 8.14. The van der Waals surface area contributed by atoms with Crippen molar-refractivity contribution in [3.05, 3.63) is 39.9 Å². The molecule has 8 heteroatoms. The van der Waals surface area contributed by atoms with Gasteiger partial charge in [-0.05, 0) is 6.92 Å². The molecule has 132 valence electrons. The zero-order chi connectivity index (χ0) is 17.2. The molecule has 2 rings (SSSR count). The molecule has 0 atom stereocenters. The Bertz CT molecular complexity index is 558. The summed E-state index contributed by atoms with van der Waals surface area (Å²) in [4.78, 5) is 17.5. The van der Waals surface area contributed by atoms with Crippen molar-refractivity contribution in [2.45, 2.75) is 13.5 Å². The van der Waals surface area contributed by atoms with Gasteiger partial charge in [-0.3, -0.25) is 15.0 Å². The van der Waals surface area contributed by atoms with Crippen LogP contribution >= 0.6 is 0 Å². The van der Waals surface area contributed by atoms with Gasteiger partial charge in [0, 0.05) is 38.8 Å². The number of para-hydroxylation sites is 1. The van der Waals surface area contributed by atoms with E-state index >= 15 is 0 Å². The Morgan fingerprint density at radius 2 is 2.08 bits per heavy atom. The predicted octanol–water partition coefficient (Wildman–Crippen LogP) is 0.982. The first-order chi connectivity index (χ1) is 11.7. The van der Waals surface area contributed by atoms with Crippen LogP contribution in [0.4, 0.5) is 5.69 Å². The minimum absolute atomic E-state index is 0.102. The first-order valence-corrected chi connectivity index (χ1v) is 8.25. The van der Waals surface area contributed by atoms with Crippen molar-refractivity contribution in [2.24, 2.45) is 4.99 Å². The Hall–Kier alpha value is -2.19. The minimum Gasteiger partial charge on any atom is -0.379 e. The van der Waals surface area contributed by atoms with E-state index in [9.17, 15) is 10.1 Å². The molecular weight excluding hydrogens is 310 g/mol. The zero-order valence-corrected chi connectivity index (χ0v) is 14.0. The van der Waals surface area contributed by atoms with Crippen molar-refractivity contribution in [1.82, 2.24) is 15.5 Å². The van der Waals surface area contributed by atoms with E-state index in [1.54, 1.807) is 18.2 Å². The van der Waals surface area contributed by atoms with Crippen LogP contribution in [0.25, 0.3) is 0 Å². The lowest BCUT2D eigenvalue weighted by Gasteiger charge is -2.26. The van der Waals surface area contributed by atoms with Gasteiger partial charge in [0.2, 0.25) is 0 Å². The van der Waals surface area contributed by atoms with Gasteiger partial charge in [-0.1, -0.05) is 18.2 Å². The number of nitro benzene ring substituents is 1. The smallest absolute Gasteiger partial charge is 0.274 e. The second-order valence-corrected chi connectivity index (χ2v) is 5.46. The molecule has 0 saturated carbocycles. The molecule has 0 bridgehead atoms. The molecule has 8 nitrogen and oxygen atoms in total. The molecule has 2 N–H and O–H groups in total. The van der Waals surface area contributed by atoms with Crippen molar-refractivity contribution in [2.75, 3.05) is 45.9 Å². The van der Waals surface area contributed by atoms with E-state index in [1.807, 2.05) is 6.92 Å². The average molecular weight is 335 g/mol. The minimum atomic E-state index is -0.371. The fourth-order valence-corrected chi connectivity index (χ4v) is 2.49. The lowest BCUT2D eigenvalue weighted by Crippen LogP contribution is -2.44. The SMILES string of the molecule is CCNC(=NCc1ccccc1[N+](=O)[O-])NCCN1CCOCC1. The molecule has 1 saturated heterocycles. The standard InChI is InChI=1S/C16H25N5O3/c1-2-17-16(18-7-8-20-9-11-24-12-10-20)19-13-14-5-3-4-6-15(14)21(22)23/h3-6H,2,7-13H2,1H3,(H2,17,18,19). The van der Waals surface area contributed by atoms with Crippen LogP contribution in [0.2, 0.25) is 0 Å². The lowest BCUT2D eigenvalue weighted by atomic mass is 10.2. The summed E-state index contributed by atoms with van der Waals surface area (Å²) in [6.07, 6.45) is 0. The molecule has 1 fully saturated rings. The van der Waals surface area contributed by atoms with E-state index in [1.165, 1.54) is 6.07 Å². The Morgan fingerprint density at radius 3 is 2.79 bits per heavy atom. The van der Waals surface area contributed by atoms with Crippen LogP contribution in [-0.4, -0.2) is 61.7 Å². The number of hydrogen-bond donors (Lipinski definition) is 2. The van der Waals surface area contributed by atoms with E-state index in [0.29, 0.717) is 11.5 Å². The highest BCUT2D eigenvalue weighted by molar-refractivity contribution is 5.79. The van der Waals surface area contributed by atoms with Gasteiger partial charge < -0.3 is 15.4 Å².